The van der Waals surface area contributed by atoms with Crippen LogP contribution in [0.2, 0.25) is 5.02 Å². The van der Waals surface area contributed by atoms with Crippen molar-refractivity contribution in [2.75, 3.05) is 26.7 Å². The lowest BCUT2D eigenvalue weighted by Crippen LogP contribution is -2.40. The number of nitrogens with one attached hydrogen (secondary N) is 1. The van der Waals surface area contributed by atoms with E-state index in [0.29, 0.717) is 29.7 Å². The number of halogens is 1. The average molecular weight is 418 g/mol. The summed E-state index contributed by atoms with van der Waals surface area (Å²) in [5.41, 5.74) is 0.879. The van der Waals surface area contributed by atoms with Crippen molar-refractivity contribution in [3.63, 3.8) is 0 Å². The maximum Gasteiger partial charge on any atom is 0.228 e. The Bertz CT molecular complexity index is 876. The van der Waals surface area contributed by atoms with Crippen LogP contribution in [-0.2, 0) is 12.8 Å². The van der Waals surface area contributed by atoms with Crippen LogP contribution >= 0.6 is 22.9 Å². The highest BCUT2D eigenvalue weighted by atomic mass is 35.5. The van der Waals surface area contributed by atoms with E-state index in [1.807, 2.05) is 24.3 Å². The average Bonchev–Trinajstić information content (AvgIpc) is 3.38. The van der Waals surface area contributed by atoms with Crippen LogP contribution in [0.3, 0.4) is 0 Å². The zero-order valence-electron chi connectivity index (χ0n) is 16.1. The Morgan fingerprint density at radius 2 is 2.07 bits per heavy atom. The molecule has 0 unspecified atom stereocenters. The lowest BCUT2D eigenvalue weighted by Gasteiger charge is -2.21. The molecule has 0 aliphatic heterocycles. The molecule has 3 rings (SSSR count). The molecule has 0 spiro atoms. The molecule has 28 heavy (non-hydrogen) atoms. The molecule has 3 aromatic rings. The zero-order valence-corrected chi connectivity index (χ0v) is 17.6. The molecule has 0 aliphatic rings. The Hall–Kier alpha value is -2.38. The molecule has 148 valence electrons. The molecule has 0 amide bonds. The van der Waals surface area contributed by atoms with Crippen molar-refractivity contribution >= 4 is 28.9 Å². The number of rotatable bonds is 8. The number of aromatic nitrogens is 2. The van der Waals surface area contributed by atoms with E-state index in [9.17, 15) is 0 Å². The summed E-state index contributed by atoms with van der Waals surface area (Å²) in [4.78, 5) is 12.7. The van der Waals surface area contributed by atoms with Gasteiger partial charge in [-0.15, -0.1) is 11.3 Å². The van der Waals surface area contributed by atoms with Crippen molar-refractivity contribution < 1.29 is 4.52 Å². The topological polar surface area (TPSA) is 66.5 Å². The minimum Gasteiger partial charge on any atom is -0.357 e. The van der Waals surface area contributed by atoms with Crippen LogP contribution in [-0.4, -0.2) is 47.7 Å². The summed E-state index contributed by atoms with van der Waals surface area (Å²) in [6.45, 7) is 4.38. The first-order chi connectivity index (χ1) is 13.7. The molecule has 0 saturated carbocycles. The second-order valence-electron chi connectivity index (χ2n) is 6.26. The van der Waals surface area contributed by atoms with Crippen LogP contribution in [0, 0.1) is 0 Å². The first-order valence-electron chi connectivity index (χ1n) is 9.26. The molecular formula is C20H24ClN5OS. The van der Waals surface area contributed by atoms with Crippen LogP contribution in [0.1, 0.15) is 17.7 Å². The summed E-state index contributed by atoms with van der Waals surface area (Å²) in [5.74, 6) is 2.03. The van der Waals surface area contributed by atoms with E-state index in [2.05, 4.69) is 51.8 Å². The predicted octanol–water partition coefficient (Wildman–Crippen LogP) is 4.13. The highest BCUT2D eigenvalue weighted by molar-refractivity contribution is 7.09. The van der Waals surface area contributed by atoms with Gasteiger partial charge in [0, 0.05) is 42.0 Å². The summed E-state index contributed by atoms with van der Waals surface area (Å²) < 4.78 is 5.35. The van der Waals surface area contributed by atoms with E-state index in [1.54, 1.807) is 11.3 Å². The Balaban J connectivity index is 1.55. The van der Waals surface area contributed by atoms with Crippen molar-refractivity contribution in [3.05, 3.63) is 57.6 Å². The van der Waals surface area contributed by atoms with Crippen LogP contribution in [0.25, 0.3) is 11.4 Å². The van der Waals surface area contributed by atoms with Gasteiger partial charge in [0.05, 0.1) is 6.54 Å². The molecular weight excluding hydrogens is 394 g/mol. The van der Waals surface area contributed by atoms with Crippen molar-refractivity contribution in [1.29, 1.82) is 0 Å². The lowest BCUT2D eigenvalue weighted by atomic mass is 10.2. The SMILES string of the molecule is CCNC(=NCCc1nc(-c2ccc(Cl)cc2)no1)N(C)CCc1cccs1. The molecule has 0 radical (unpaired) electrons. The Labute approximate surface area is 174 Å². The van der Waals surface area contributed by atoms with Crippen LogP contribution in [0.5, 0.6) is 0 Å². The van der Waals surface area contributed by atoms with Crippen molar-refractivity contribution in [2.45, 2.75) is 19.8 Å². The van der Waals surface area contributed by atoms with Crippen molar-refractivity contribution in [3.8, 4) is 11.4 Å². The maximum atomic E-state index is 5.92. The van der Waals surface area contributed by atoms with Gasteiger partial charge in [-0.3, -0.25) is 4.99 Å². The van der Waals surface area contributed by atoms with Gasteiger partial charge in [0.1, 0.15) is 0 Å². The molecule has 2 heterocycles. The minimum absolute atomic E-state index is 0.565. The Kier molecular flexibility index (Phi) is 7.45. The zero-order chi connectivity index (χ0) is 19.8. The number of likely N-dealkylation sites (N-methyl/N-ethyl adjacent to an activating group) is 1. The first-order valence-corrected chi connectivity index (χ1v) is 10.5. The molecule has 0 bridgehead atoms. The number of benzene rings is 1. The molecule has 2 aromatic heterocycles. The monoisotopic (exact) mass is 417 g/mol. The molecule has 8 heteroatoms. The van der Waals surface area contributed by atoms with Crippen LogP contribution in [0.4, 0.5) is 0 Å². The fraction of sp³-hybridized carbons (Fsp3) is 0.350. The summed E-state index contributed by atoms with van der Waals surface area (Å²) in [6, 6.07) is 11.6. The number of aliphatic imine (C=N–C) groups is 1. The minimum atomic E-state index is 0.565. The van der Waals surface area contributed by atoms with Gasteiger partial charge in [0.2, 0.25) is 11.7 Å². The molecule has 1 N–H and O–H groups in total. The van der Waals surface area contributed by atoms with Gasteiger partial charge in [-0.25, -0.2) is 0 Å². The molecule has 1 aromatic carbocycles. The normalized spacial score (nSPS) is 11.6. The second kappa shape index (κ2) is 10.2. The standard InChI is InChI=1S/C20H24ClN5OS/c1-3-22-20(26(2)13-11-17-5-4-14-28-17)23-12-10-18-24-19(25-27-18)15-6-8-16(21)9-7-15/h4-9,14H,3,10-13H2,1-2H3,(H,22,23). The van der Waals surface area contributed by atoms with E-state index < -0.39 is 0 Å². The third-order valence-corrected chi connectivity index (χ3v) is 5.32. The molecule has 0 fully saturated rings. The van der Waals surface area contributed by atoms with E-state index in [1.165, 1.54) is 4.88 Å². The van der Waals surface area contributed by atoms with Gasteiger partial charge in [-0.05, 0) is 49.1 Å². The Morgan fingerprint density at radius 1 is 1.25 bits per heavy atom. The van der Waals surface area contributed by atoms with Gasteiger partial charge in [-0.2, -0.15) is 4.98 Å². The molecule has 0 saturated heterocycles. The van der Waals surface area contributed by atoms with Gasteiger partial charge in [0.15, 0.2) is 5.96 Å². The highest BCUT2D eigenvalue weighted by Gasteiger charge is 2.10. The smallest absolute Gasteiger partial charge is 0.228 e. The van der Waals surface area contributed by atoms with Gasteiger partial charge in [0.25, 0.3) is 0 Å². The Morgan fingerprint density at radius 3 is 2.79 bits per heavy atom. The van der Waals surface area contributed by atoms with E-state index in [0.717, 1.165) is 31.0 Å². The number of hydrogen-bond donors (Lipinski definition) is 1. The summed E-state index contributed by atoms with van der Waals surface area (Å²) in [5, 5.41) is 10.2. The van der Waals surface area contributed by atoms with Gasteiger partial charge in [-0.1, -0.05) is 22.8 Å². The fourth-order valence-corrected chi connectivity index (χ4v) is 3.46. The summed E-state index contributed by atoms with van der Waals surface area (Å²) in [6.07, 6.45) is 1.60. The maximum absolute atomic E-state index is 5.92. The largest absolute Gasteiger partial charge is 0.357 e. The predicted molar refractivity (Wildman–Crippen MR) is 115 cm³/mol. The van der Waals surface area contributed by atoms with Crippen molar-refractivity contribution in [1.82, 2.24) is 20.4 Å². The molecule has 6 nitrogen and oxygen atoms in total. The lowest BCUT2D eigenvalue weighted by molar-refractivity contribution is 0.380. The van der Waals surface area contributed by atoms with Crippen LogP contribution in [0.15, 0.2) is 51.3 Å². The number of nitrogens with zero attached hydrogens (tertiary/aromatic N) is 4. The highest BCUT2D eigenvalue weighted by Crippen LogP contribution is 2.18. The van der Waals surface area contributed by atoms with E-state index >= 15 is 0 Å². The van der Waals surface area contributed by atoms with Gasteiger partial charge >= 0.3 is 0 Å². The van der Waals surface area contributed by atoms with Gasteiger partial charge < -0.3 is 14.7 Å². The quantitative estimate of drug-likeness (QED) is 0.441. The fourth-order valence-electron chi connectivity index (χ4n) is 2.64. The summed E-state index contributed by atoms with van der Waals surface area (Å²) in [7, 11) is 2.06. The first kappa shape index (κ1) is 20.4. The number of guanidine groups is 1. The summed E-state index contributed by atoms with van der Waals surface area (Å²) >= 11 is 7.70. The molecule has 0 aliphatic carbocycles. The second-order valence-corrected chi connectivity index (χ2v) is 7.72. The number of hydrogen-bond acceptors (Lipinski definition) is 5. The third-order valence-electron chi connectivity index (χ3n) is 4.13. The van der Waals surface area contributed by atoms with Crippen LogP contribution < -0.4 is 5.32 Å². The third kappa shape index (κ3) is 5.81. The van der Waals surface area contributed by atoms with E-state index in [-0.39, 0.29) is 0 Å². The van der Waals surface area contributed by atoms with Crippen molar-refractivity contribution in [2.24, 2.45) is 4.99 Å². The van der Waals surface area contributed by atoms with E-state index in [4.69, 9.17) is 21.1 Å². The molecule has 0 atom stereocenters. The number of thiophene rings is 1.